The van der Waals surface area contributed by atoms with Gasteiger partial charge in [0.2, 0.25) is 15.9 Å². The third kappa shape index (κ3) is 6.85. The van der Waals surface area contributed by atoms with Crippen LogP contribution in [0, 0.1) is 0 Å². The lowest BCUT2D eigenvalue weighted by Gasteiger charge is -2.33. The molecule has 1 fully saturated rings. The monoisotopic (exact) mass is 582 g/mol. The molecule has 0 N–H and O–H groups in total. The number of methoxy groups -OCH3 is 3. The van der Waals surface area contributed by atoms with Crippen LogP contribution in [0.25, 0.3) is 18.2 Å². The van der Waals surface area contributed by atoms with Gasteiger partial charge in [0.1, 0.15) is 17.2 Å². The third-order valence-corrected chi connectivity index (χ3v) is 8.68. The minimum absolute atomic E-state index is 0.140. The Hall–Kier alpha value is -3.79. The van der Waals surface area contributed by atoms with Crippen LogP contribution >= 0.6 is 11.6 Å². The lowest BCUT2D eigenvalue weighted by Crippen LogP contribution is -2.50. The molecule has 0 saturated carbocycles. The number of ether oxygens (including phenoxy) is 3. The summed E-state index contributed by atoms with van der Waals surface area (Å²) in [4.78, 5) is 14.8. The number of rotatable bonds is 9. The Bertz CT molecular complexity index is 1510. The van der Waals surface area contributed by atoms with E-state index >= 15 is 0 Å². The van der Waals surface area contributed by atoms with E-state index in [4.69, 9.17) is 25.8 Å². The SMILES string of the molecule is COc1ccc(/C=C/c2cc(OC)cc(OC)c2/C=C/C(=O)N2CCN(S(=O)(=O)c3cccc(Cl)c3)CC2)cc1. The fourth-order valence-electron chi connectivity index (χ4n) is 4.31. The quantitative estimate of drug-likeness (QED) is 0.258. The smallest absolute Gasteiger partial charge is 0.246 e. The first kappa shape index (κ1) is 29.2. The predicted octanol–water partition coefficient (Wildman–Crippen LogP) is 5.08. The minimum Gasteiger partial charge on any atom is -0.497 e. The first-order valence-electron chi connectivity index (χ1n) is 12.6. The highest BCUT2D eigenvalue weighted by molar-refractivity contribution is 7.89. The van der Waals surface area contributed by atoms with Crippen LogP contribution in [0.2, 0.25) is 5.02 Å². The summed E-state index contributed by atoms with van der Waals surface area (Å²) in [5.41, 5.74) is 2.48. The Kier molecular flexibility index (Phi) is 9.52. The number of benzene rings is 3. The van der Waals surface area contributed by atoms with Crippen molar-refractivity contribution in [1.29, 1.82) is 0 Å². The summed E-state index contributed by atoms with van der Waals surface area (Å²) < 4.78 is 43.6. The van der Waals surface area contributed by atoms with Crippen LogP contribution < -0.4 is 14.2 Å². The van der Waals surface area contributed by atoms with Gasteiger partial charge in [-0.1, -0.05) is 42.0 Å². The van der Waals surface area contributed by atoms with E-state index in [1.165, 1.54) is 22.5 Å². The third-order valence-electron chi connectivity index (χ3n) is 6.55. The highest BCUT2D eigenvalue weighted by Crippen LogP contribution is 2.31. The molecule has 1 aliphatic rings. The highest BCUT2D eigenvalue weighted by atomic mass is 35.5. The van der Waals surface area contributed by atoms with E-state index in [2.05, 4.69) is 0 Å². The molecule has 1 aliphatic heterocycles. The van der Waals surface area contributed by atoms with Crippen LogP contribution in [-0.4, -0.2) is 71.0 Å². The van der Waals surface area contributed by atoms with Crippen molar-refractivity contribution in [3.05, 3.63) is 88.5 Å². The van der Waals surface area contributed by atoms with Crippen molar-refractivity contribution in [3.8, 4) is 17.2 Å². The van der Waals surface area contributed by atoms with Crippen molar-refractivity contribution < 1.29 is 27.4 Å². The lowest BCUT2D eigenvalue weighted by atomic mass is 10.0. The normalized spacial score (nSPS) is 14.6. The first-order chi connectivity index (χ1) is 19.2. The Labute approximate surface area is 240 Å². The van der Waals surface area contributed by atoms with Gasteiger partial charge in [-0.3, -0.25) is 4.79 Å². The Morgan fingerprint density at radius 2 is 1.52 bits per heavy atom. The van der Waals surface area contributed by atoms with Crippen LogP contribution in [-0.2, 0) is 14.8 Å². The van der Waals surface area contributed by atoms with Crippen LogP contribution in [0.15, 0.2) is 71.6 Å². The molecule has 210 valence electrons. The number of sulfonamides is 1. The van der Waals surface area contributed by atoms with Gasteiger partial charge in [-0.25, -0.2) is 8.42 Å². The number of halogens is 1. The van der Waals surface area contributed by atoms with Crippen molar-refractivity contribution in [3.63, 3.8) is 0 Å². The number of carbonyl (C=O) groups excluding carboxylic acids is 1. The molecule has 0 aromatic heterocycles. The maximum Gasteiger partial charge on any atom is 0.246 e. The van der Waals surface area contributed by atoms with Crippen molar-refractivity contribution >= 4 is 45.8 Å². The maximum atomic E-state index is 13.1. The number of hydrogen-bond acceptors (Lipinski definition) is 6. The van der Waals surface area contributed by atoms with Gasteiger partial charge in [0.25, 0.3) is 0 Å². The number of nitrogens with zero attached hydrogens (tertiary/aromatic N) is 2. The molecule has 3 aromatic rings. The lowest BCUT2D eigenvalue weighted by molar-refractivity contribution is -0.127. The van der Waals surface area contributed by atoms with Gasteiger partial charge >= 0.3 is 0 Å². The summed E-state index contributed by atoms with van der Waals surface area (Å²) in [7, 11) is 1.07. The molecule has 0 aliphatic carbocycles. The number of amides is 1. The highest BCUT2D eigenvalue weighted by Gasteiger charge is 2.29. The molecule has 0 spiro atoms. The Morgan fingerprint density at radius 3 is 2.15 bits per heavy atom. The van der Waals surface area contributed by atoms with Crippen molar-refractivity contribution in [2.75, 3.05) is 47.5 Å². The van der Waals surface area contributed by atoms with Gasteiger partial charge in [0.15, 0.2) is 0 Å². The molecule has 1 heterocycles. The number of hydrogen-bond donors (Lipinski definition) is 0. The fraction of sp³-hybridized carbons (Fsp3) is 0.233. The topological polar surface area (TPSA) is 85.4 Å². The molecule has 0 bridgehead atoms. The second kappa shape index (κ2) is 13.0. The van der Waals surface area contributed by atoms with Crippen LogP contribution in [0.5, 0.6) is 17.2 Å². The van der Waals surface area contributed by atoms with Gasteiger partial charge in [-0.2, -0.15) is 4.31 Å². The average Bonchev–Trinajstić information content (AvgIpc) is 2.98. The largest absolute Gasteiger partial charge is 0.497 e. The Balaban J connectivity index is 1.50. The molecule has 0 atom stereocenters. The summed E-state index contributed by atoms with van der Waals surface area (Å²) in [6.45, 7) is 0.923. The second-order valence-corrected chi connectivity index (χ2v) is 11.3. The van der Waals surface area contributed by atoms with E-state index in [0.29, 0.717) is 22.1 Å². The second-order valence-electron chi connectivity index (χ2n) is 8.96. The summed E-state index contributed by atoms with van der Waals surface area (Å²) in [5, 5.41) is 0.354. The number of piperazine rings is 1. The molecule has 8 nitrogen and oxygen atoms in total. The molecule has 4 rings (SSSR count). The molecule has 10 heteroatoms. The summed E-state index contributed by atoms with van der Waals surface area (Å²) in [6.07, 6.45) is 7.07. The summed E-state index contributed by atoms with van der Waals surface area (Å²) in [6, 6.07) is 17.5. The van der Waals surface area contributed by atoms with E-state index in [1.54, 1.807) is 50.5 Å². The Morgan fingerprint density at radius 1 is 0.825 bits per heavy atom. The molecule has 40 heavy (non-hydrogen) atoms. The standard InChI is InChI=1S/C30H31ClN2O6S/c1-37-25-11-8-22(9-12-25)7-10-23-19-26(38-2)21-29(39-3)28(23)13-14-30(34)32-15-17-33(18-16-32)40(35,36)27-6-4-5-24(31)20-27/h4-14,19-21H,15-18H2,1-3H3/b10-7+,14-13+. The molecule has 0 radical (unpaired) electrons. The minimum atomic E-state index is -3.69. The van der Waals surface area contributed by atoms with Crippen LogP contribution in [0.1, 0.15) is 16.7 Å². The molecule has 1 amide bonds. The van der Waals surface area contributed by atoms with Gasteiger partial charge in [0.05, 0.1) is 26.2 Å². The zero-order valence-corrected chi connectivity index (χ0v) is 24.1. The van der Waals surface area contributed by atoms with Crippen LogP contribution in [0.4, 0.5) is 0 Å². The van der Waals surface area contributed by atoms with Gasteiger partial charge in [-0.15, -0.1) is 0 Å². The maximum absolute atomic E-state index is 13.1. The van der Waals surface area contributed by atoms with Crippen molar-refractivity contribution in [2.45, 2.75) is 4.90 Å². The van der Waals surface area contributed by atoms with Crippen molar-refractivity contribution in [2.24, 2.45) is 0 Å². The average molecular weight is 583 g/mol. The molecular formula is C30H31ClN2O6S. The summed E-state index contributed by atoms with van der Waals surface area (Å²) in [5.74, 6) is 1.72. The van der Waals surface area contributed by atoms with E-state index in [-0.39, 0.29) is 37.0 Å². The molecule has 0 unspecified atom stereocenters. The zero-order chi connectivity index (χ0) is 28.7. The summed E-state index contributed by atoms with van der Waals surface area (Å²) >= 11 is 5.98. The first-order valence-corrected chi connectivity index (χ1v) is 14.4. The number of carbonyl (C=O) groups is 1. The van der Waals surface area contributed by atoms with Gasteiger partial charge in [-0.05, 0) is 53.6 Å². The van der Waals surface area contributed by atoms with E-state index in [1.807, 2.05) is 42.5 Å². The van der Waals surface area contributed by atoms with Gasteiger partial charge in [0, 0.05) is 48.9 Å². The molecular weight excluding hydrogens is 552 g/mol. The van der Waals surface area contributed by atoms with E-state index in [0.717, 1.165) is 16.9 Å². The van der Waals surface area contributed by atoms with E-state index < -0.39 is 10.0 Å². The van der Waals surface area contributed by atoms with E-state index in [9.17, 15) is 13.2 Å². The molecule has 3 aromatic carbocycles. The molecule has 1 saturated heterocycles. The predicted molar refractivity (Wildman–Crippen MR) is 157 cm³/mol. The fourth-order valence-corrected chi connectivity index (χ4v) is 6.03. The van der Waals surface area contributed by atoms with Crippen molar-refractivity contribution in [1.82, 2.24) is 9.21 Å². The zero-order valence-electron chi connectivity index (χ0n) is 22.5. The van der Waals surface area contributed by atoms with Gasteiger partial charge < -0.3 is 19.1 Å². The van der Waals surface area contributed by atoms with Crippen LogP contribution in [0.3, 0.4) is 0 Å².